The van der Waals surface area contributed by atoms with Gasteiger partial charge in [-0.25, -0.2) is 5.01 Å². The van der Waals surface area contributed by atoms with Gasteiger partial charge in [-0.3, -0.25) is 9.59 Å². The highest BCUT2D eigenvalue weighted by atomic mass is 16.6. The number of hydrazone groups is 1. The highest BCUT2D eigenvalue weighted by Crippen LogP contribution is 2.33. The fraction of sp³-hybridized carbons (Fsp3) is 0.214. The van der Waals surface area contributed by atoms with Crippen LogP contribution in [0, 0.1) is 0 Å². The Balaban J connectivity index is 1.47. The molecule has 0 aliphatic carbocycles. The van der Waals surface area contributed by atoms with Crippen LogP contribution in [0.3, 0.4) is 0 Å². The first kappa shape index (κ1) is 24.7. The van der Waals surface area contributed by atoms with Gasteiger partial charge in [-0.15, -0.1) is 0 Å². The van der Waals surface area contributed by atoms with Crippen molar-refractivity contribution in [2.24, 2.45) is 10.3 Å². The molecule has 1 N–H and O–H groups in total. The van der Waals surface area contributed by atoms with Crippen LogP contribution in [0.2, 0.25) is 0 Å². The van der Waals surface area contributed by atoms with Crippen molar-refractivity contribution in [3.05, 3.63) is 95.6 Å². The van der Waals surface area contributed by atoms with Gasteiger partial charge in [0.2, 0.25) is 5.91 Å². The Kier molecular flexibility index (Phi) is 7.75. The molecule has 1 aliphatic heterocycles. The number of nitrogens with one attached hydrogen (secondary N) is 1. The third-order valence-electron chi connectivity index (χ3n) is 5.79. The fourth-order valence-electron chi connectivity index (χ4n) is 3.93. The third-order valence-corrected chi connectivity index (χ3v) is 5.79. The molecule has 1 unspecified atom stereocenters. The second-order valence-corrected chi connectivity index (χ2v) is 8.35. The quantitative estimate of drug-likeness (QED) is 0.368. The number of benzene rings is 3. The van der Waals surface area contributed by atoms with Crippen molar-refractivity contribution >= 4 is 28.9 Å². The van der Waals surface area contributed by atoms with Crippen LogP contribution in [0.15, 0.2) is 89.1 Å². The zero-order valence-electron chi connectivity index (χ0n) is 20.5. The van der Waals surface area contributed by atoms with Crippen molar-refractivity contribution in [1.82, 2.24) is 5.01 Å². The molecule has 0 aromatic heterocycles. The van der Waals surface area contributed by atoms with Crippen molar-refractivity contribution in [1.29, 1.82) is 0 Å². The molecular formula is C28H28N4O4. The average molecular weight is 485 g/mol. The minimum Gasteiger partial charge on any atom is -0.497 e. The number of methoxy groups -OCH3 is 1. The summed E-state index contributed by atoms with van der Waals surface area (Å²) in [5, 5.41) is 13.0. The average Bonchev–Trinajstić information content (AvgIpc) is 3.35. The van der Waals surface area contributed by atoms with Crippen molar-refractivity contribution in [2.45, 2.75) is 26.3 Å². The maximum atomic E-state index is 13.2. The molecule has 36 heavy (non-hydrogen) atoms. The van der Waals surface area contributed by atoms with E-state index in [1.54, 1.807) is 26.2 Å². The lowest BCUT2D eigenvalue weighted by Crippen LogP contribution is -2.30. The maximum absolute atomic E-state index is 13.2. The van der Waals surface area contributed by atoms with Crippen LogP contribution in [0.25, 0.3) is 0 Å². The van der Waals surface area contributed by atoms with Crippen molar-refractivity contribution in [3.8, 4) is 5.75 Å². The van der Waals surface area contributed by atoms with E-state index in [0.29, 0.717) is 17.8 Å². The Bertz CT molecular complexity index is 1270. The molecule has 0 saturated carbocycles. The molecule has 8 heteroatoms. The molecule has 184 valence electrons. The van der Waals surface area contributed by atoms with E-state index in [4.69, 9.17) is 9.57 Å². The first-order chi connectivity index (χ1) is 17.4. The minimum atomic E-state index is -0.292. The molecule has 0 saturated heterocycles. The number of oxime groups is 1. The summed E-state index contributed by atoms with van der Waals surface area (Å²) >= 11 is 0. The van der Waals surface area contributed by atoms with Gasteiger partial charge in [0, 0.05) is 19.0 Å². The molecule has 3 aromatic rings. The largest absolute Gasteiger partial charge is 0.497 e. The van der Waals surface area contributed by atoms with Gasteiger partial charge in [-0.05, 0) is 47.9 Å². The Morgan fingerprint density at radius 2 is 1.69 bits per heavy atom. The number of hydrogen-bond donors (Lipinski definition) is 1. The van der Waals surface area contributed by atoms with Gasteiger partial charge >= 0.3 is 0 Å². The predicted octanol–water partition coefficient (Wildman–Crippen LogP) is 4.77. The molecular weight excluding hydrogens is 456 g/mol. The highest BCUT2D eigenvalue weighted by molar-refractivity contribution is 6.03. The first-order valence-corrected chi connectivity index (χ1v) is 11.6. The number of rotatable bonds is 8. The molecule has 3 aromatic carbocycles. The minimum absolute atomic E-state index is 0.136. The number of nitrogens with zero attached hydrogens (tertiary/aromatic N) is 3. The van der Waals surface area contributed by atoms with E-state index < -0.39 is 0 Å². The van der Waals surface area contributed by atoms with Crippen LogP contribution in [0.4, 0.5) is 5.69 Å². The monoisotopic (exact) mass is 484 g/mol. The second kappa shape index (κ2) is 11.3. The zero-order chi connectivity index (χ0) is 25.5. The second-order valence-electron chi connectivity index (χ2n) is 8.35. The highest BCUT2D eigenvalue weighted by Gasteiger charge is 2.33. The van der Waals surface area contributed by atoms with Crippen molar-refractivity contribution in [2.75, 3.05) is 19.0 Å². The standard InChI is InChI=1S/C28H28N4O4/c1-19(21-9-13-24(14-10-21)29-20(2)33)31-36-18-28(34)32-27(23-11-15-25(35-3)16-12-23)17-26(30-32)22-7-5-4-6-8-22/h4-16,27H,17-18H2,1-3H3,(H,29,33)/b31-19+. The van der Waals surface area contributed by atoms with Crippen LogP contribution < -0.4 is 10.1 Å². The smallest absolute Gasteiger partial charge is 0.283 e. The van der Waals surface area contributed by atoms with Gasteiger partial charge < -0.3 is 14.9 Å². The summed E-state index contributed by atoms with van der Waals surface area (Å²) in [5.41, 5.74) is 4.89. The Hall–Kier alpha value is -4.46. The molecule has 0 bridgehead atoms. The van der Waals surface area contributed by atoms with Crippen molar-refractivity contribution in [3.63, 3.8) is 0 Å². The first-order valence-electron chi connectivity index (χ1n) is 11.6. The Morgan fingerprint density at radius 3 is 2.33 bits per heavy atom. The van der Waals surface area contributed by atoms with E-state index in [1.807, 2.05) is 66.7 Å². The van der Waals surface area contributed by atoms with Gasteiger partial charge in [0.05, 0.1) is 24.6 Å². The van der Waals surface area contributed by atoms with E-state index in [2.05, 4.69) is 15.6 Å². The molecule has 0 fully saturated rings. The lowest BCUT2D eigenvalue weighted by molar-refractivity contribution is -0.138. The predicted molar refractivity (Wildman–Crippen MR) is 139 cm³/mol. The van der Waals surface area contributed by atoms with Crippen LogP contribution in [-0.2, 0) is 14.4 Å². The third kappa shape index (κ3) is 5.96. The number of carbonyl (C=O) groups is 2. The summed E-state index contributed by atoms with van der Waals surface area (Å²) < 4.78 is 5.27. The summed E-state index contributed by atoms with van der Waals surface area (Å²) in [5.74, 6) is 0.319. The van der Waals surface area contributed by atoms with Gasteiger partial charge in [-0.1, -0.05) is 59.8 Å². The van der Waals surface area contributed by atoms with Gasteiger partial charge in [0.1, 0.15) is 5.75 Å². The topological polar surface area (TPSA) is 92.6 Å². The summed E-state index contributed by atoms with van der Waals surface area (Å²) in [4.78, 5) is 29.8. The van der Waals surface area contributed by atoms with E-state index >= 15 is 0 Å². The van der Waals surface area contributed by atoms with E-state index in [9.17, 15) is 9.59 Å². The molecule has 0 spiro atoms. The van der Waals surface area contributed by atoms with Gasteiger partial charge in [-0.2, -0.15) is 5.10 Å². The molecule has 2 amide bonds. The van der Waals surface area contributed by atoms with Crippen LogP contribution in [0.1, 0.15) is 43.0 Å². The number of anilines is 1. The molecule has 8 nitrogen and oxygen atoms in total. The van der Waals surface area contributed by atoms with Gasteiger partial charge in [0.25, 0.3) is 5.91 Å². The van der Waals surface area contributed by atoms with Crippen LogP contribution in [-0.4, -0.2) is 42.0 Å². The van der Waals surface area contributed by atoms with Crippen LogP contribution >= 0.6 is 0 Å². The number of amides is 2. The Labute approximate surface area is 210 Å². The number of ether oxygens (including phenoxy) is 1. The summed E-state index contributed by atoms with van der Waals surface area (Å²) in [7, 11) is 1.62. The Morgan fingerprint density at radius 1 is 1.00 bits per heavy atom. The zero-order valence-corrected chi connectivity index (χ0v) is 20.5. The lowest BCUT2D eigenvalue weighted by Gasteiger charge is -2.21. The molecule has 1 aliphatic rings. The summed E-state index contributed by atoms with van der Waals surface area (Å²) in [6.45, 7) is 3.00. The van der Waals surface area contributed by atoms with E-state index in [1.165, 1.54) is 11.9 Å². The lowest BCUT2D eigenvalue weighted by atomic mass is 9.98. The van der Waals surface area contributed by atoms with Crippen LogP contribution in [0.5, 0.6) is 5.75 Å². The SMILES string of the molecule is COc1ccc(C2CC(c3ccccc3)=NN2C(=O)CO/N=C(\C)c2ccc(NC(C)=O)cc2)cc1. The summed E-state index contributed by atoms with van der Waals surface area (Å²) in [6, 6.07) is 24.4. The molecule has 0 radical (unpaired) electrons. The molecule has 1 heterocycles. The van der Waals surface area contributed by atoms with E-state index in [0.717, 1.165) is 28.2 Å². The molecule has 1 atom stereocenters. The normalized spacial score (nSPS) is 15.3. The van der Waals surface area contributed by atoms with E-state index in [-0.39, 0.29) is 24.5 Å². The number of carbonyl (C=O) groups excluding carboxylic acids is 2. The fourth-order valence-corrected chi connectivity index (χ4v) is 3.93. The van der Waals surface area contributed by atoms with Crippen molar-refractivity contribution < 1.29 is 19.2 Å². The summed E-state index contributed by atoms with van der Waals surface area (Å²) in [6.07, 6.45) is 0.588. The molecule has 4 rings (SSSR count). The van der Waals surface area contributed by atoms with Gasteiger partial charge in [0.15, 0.2) is 6.61 Å². The maximum Gasteiger partial charge on any atom is 0.283 e. The number of hydrogen-bond acceptors (Lipinski definition) is 6.